The van der Waals surface area contributed by atoms with Crippen LogP contribution in [0.15, 0.2) is 170 Å². The zero-order valence-corrected chi connectivity index (χ0v) is 27.6. The average molecular weight is 673 g/mol. The average Bonchev–Trinajstić information content (AvgIpc) is 3.98. The maximum Gasteiger partial charge on any atom is 0.0485 e. The fourth-order valence-corrected chi connectivity index (χ4v) is 6.99. The molecular formula is C44H32FeN4. The van der Waals surface area contributed by atoms with E-state index in [1.54, 1.807) is 0 Å². The minimum atomic E-state index is 0. The Bertz CT molecular complexity index is 2280. The molecule has 4 aromatic carbocycles. The number of aromatic nitrogens is 4. The quantitative estimate of drug-likeness (QED) is 0.159. The SMILES string of the molecule is [Fe].c1ccc(C2=c3ccc([nH]3)=C(c3ccccc3)c3ccc([nH]3)C(c3ccccc3)=c3ccc([nH]3)=C(c3ccccc3)c3ccc2[nH]3)cc1. The zero-order chi connectivity index (χ0) is 31.9. The van der Waals surface area contributed by atoms with Gasteiger partial charge in [0.25, 0.3) is 0 Å². The Morgan fingerprint density at radius 3 is 0.673 bits per heavy atom. The van der Waals surface area contributed by atoms with E-state index in [2.05, 4.69) is 190 Å². The normalized spacial score (nSPS) is 12.6. The van der Waals surface area contributed by atoms with E-state index in [1.807, 2.05) is 0 Å². The van der Waals surface area contributed by atoms with E-state index in [1.165, 1.54) is 0 Å². The standard InChI is InChI=1S/C44H32N4.Fe/c1-5-13-29(14-6-1)41-33-21-23-35(45-33)42(30-15-7-2-8-16-30)37-25-27-39(47-37)44(32-19-11-4-12-20-32)40-28-26-38(48-40)43(31-17-9-3-10-18-31)36-24-22-34(41)46-36;/h1-28,45-48H;. The molecule has 1 aliphatic rings. The van der Waals surface area contributed by atoms with E-state index >= 15 is 0 Å². The van der Waals surface area contributed by atoms with Gasteiger partial charge in [0, 0.05) is 83.5 Å². The zero-order valence-electron chi connectivity index (χ0n) is 26.5. The Labute approximate surface area is 294 Å². The van der Waals surface area contributed by atoms with Gasteiger partial charge in [-0.2, -0.15) is 0 Å². The van der Waals surface area contributed by atoms with E-state index in [9.17, 15) is 0 Å². The molecule has 1 aliphatic heterocycles. The number of nitrogens with one attached hydrogen (secondary N) is 4. The van der Waals surface area contributed by atoms with Gasteiger partial charge in [-0.05, 0) is 70.8 Å². The Morgan fingerprint density at radius 2 is 0.449 bits per heavy atom. The molecule has 0 spiro atoms. The molecule has 0 aliphatic carbocycles. The third-order valence-electron chi connectivity index (χ3n) is 9.15. The number of fused-ring (bicyclic) bond motifs is 8. The molecule has 8 bridgehead atoms. The van der Waals surface area contributed by atoms with Crippen LogP contribution in [0.5, 0.6) is 0 Å². The van der Waals surface area contributed by atoms with Gasteiger partial charge in [0.2, 0.25) is 0 Å². The van der Waals surface area contributed by atoms with Gasteiger partial charge in [-0.25, -0.2) is 0 Å². The van der Waals surface area contributed by atoms with E-state index in [0.29, 0.717) is 0 Å². The van der Waals surface area contributed by atoms with Crippen LogP contribution < -0.4 is 21.4 Å². The number of H-pyrrole nitrogens is 4. The van der Waals surface area contributed by atoms with E-state index < -0.39 is 0 Å². The molecule has 0 amide bonds. The summed E-state index contributed by atoms with van der Waals surface area (Å²) in [5.41, 5.74) is 13.1. The second kappa shape index (κ2) is 12.9. The summed E-state index contributed by atoms with van der Waals surface area (Å²) in [6, 6.07) is 60.0. The van der Waals surface area contributed by atoms with Crippen molar-refractivity contribution in [3.05, 3.63) is 236 Å². The molecule has 4 nitrogen and oxygen atoms in total. The molecule has 0 atom stereocenters. The topological polar surface area (TPSA) is 63.2 Å². The first-order chi connectivity index (χ1) is 23.8. The second-order valence-electron chi connectivity index (χ2n) is 12.1. The summed E-state index contributed by atoms with van der Waals surface area (Å²) in [6.07, 6.45) is 0. The molecule has 5 heteroatoms. The number of aromatic amines is 4. The summed E-state index contributed by atoms with van der Waals surface area (Å²) in [6.45, 7) is 0. The second-order valence-corrected chi connectivity index (χ2v) is 12.1. The molecule has 0 unspecified atom stereocenters. The van der Waals surface area contributed by atoms with Gasteiger partial charge in [-0.3, -0.25) is 0 Å². The number of hydrogen-bond acceptors (Lipinski definition) is 0. The van der Waals surface area contributed by atoms with Crippen LogP contribution in [0.25, 0.3) is 22.3 Å². The Kier molecular flexibility index (Phi) is 7.98. The molecule has 4 aromatic heterocycles. The van der Waals surface area contributed by atoms with Crippen LogP contribution >= 0.6 is 0 Å². The van der Waals surface area contributed by atoms with Crippen LogP contribution in [-0.4, -0.2) is 19.9 Å². The minimum absolute atomic E-state index is 0. The summed E-state index contributed by atoms with van der Waals surface area (Å²) in [5.74, 6) is 0. The maximum absolute atomic E-state index is 3.84. The summed E-state index contributed by atoms with van der Waals surface area (Å²) >= 11 is 0. The summed E-state index contributed by atoms with van der Waals surface area (Å²) < 4.78 is 0. The first-order valence-corrected chi connectivity index (χ1v) is 16.3. The van der Waals surface area contributed by atoms with Gasteiger partial charge in [-0.15, -0.1) is 0 Å². The fraction of sp³-hybridized carbons (Fsp3) is 0. The monoisotopic (exact) mass is 672 g/mol. The molecule has 8 aromatic rings. The van der Waals surface area contributed by atoms with Gasteiger partial charge >= 0.3 is 0 Å². The minimum Gasteiger partial charge on any atom is -0.354 e. The Hall–Kier alpha value is -6.00. The largest absolute Gasteiger partial charge is 0.354 e. The number of rotatable bonds is 4. The van der Waals surface area contributed by atoms with Gasteiger partial charge < -0.3 is 19.9 Å². The van der Waals surface area contributed by atoms with E-state index in [0.717, 1.165) is 88.7 Å². The van der Waals surface area contributed by atoms with Crippen molar-refractivity contribution in [2.45, 2.75) is 0 Å². The summed E-state index contributed by atoms with van der Waals surface area (Å²) in [4.78, 5) is 15.4. The molecular weight excluding hydrogens is 640 g/mol. The van der Waals surface area contributed by atoms with Crippen LogP contribution in [-0.2, 0) is 17.1 Å². The molecule has 5 heterocycles. The summed E-state index contributed by atoms with van der Waals surface area (Å²) in [7, 11) is 0. The van der Waals surface area contributed by atoms with Crippen LogP contribution in [0.2, 0.25) is 0 Å². The van der Waals surface area contributed by atoms with Gasteiger partial charge in [-0.1, -0.05) is 121 Å². The van der Waals surface area contributed by atoms with Crippen LogP contribution in [0.3, 0.4) is 0 Å². The van der Waals surface area contributed by atoms with Crippen LogP contribution in [0.1, 0.15) is 45.0 Å². The van der Waals surface area contributed by atoms with E-state index in [-0.39, 0.29) is 17.1 Å². The van der Waals surface area contributed by atoms with Crippen LogP contribution in [0, 0.1) is 0 Å². The molecule has 0 saturated heterocycles. The molecule has 0 saturated carbocycles. The third-order valence-corrected chi connectivity index (χ3v) is 9.15. The van der Waals surface area contributed by atoms with Crippen molar-refractivity contribution < 1.29 is 17.1 Å². The van der Waals surface area contributed by atoms with Crippen molar-refractivity contribution in [3.63, 3.8) is 0 Å². The Balaban J connectivity index is 0.00000348. The molecule has 9 rings (SSSR count). The van der Waals surface area contributed by atoms with Crippen molar-refractivity contribution in [3.8, 4) is 0 Å². The van der Waals surface area contributed by atoms with Crippen molar-refractivity contribution in [1.29, 1.82) is 0 Å². The van der Waals surface area contributed by atoms with Gasteiger partial charge in [0.15, 0.2) is 0 Å². The van der Waals surface area contributed by atoms with Gasteiger partial charge in [0.1, 0.15) is 0 Å². The molecule has 0 fully saturated rings. The first-order valence-electron chi connectivity index (χ1n) is 16.3. The Morgan fingerprint density at radius 1 is 0.224 bits per heavy atom. The van der Waals surface area contributed by atoms with Gasteiger partial charge in [0.05, 0.1) is 0 Å². The van der Waals surface area contributed by atoms with Crippen molar-refractivity contribution in [2.24, 2.45) is 0 Å². The smallest absolute Gasteiger partial charge is 0.0485 e. The molecule has 236 valence electrons. The summed E-state index contributed by atoms with van der Waals surface area (Å²) in [5, 5.41) is 4.16. The fourth-order valence-electron chi connectivity index (χ4n) is 6.99. The number of hydrogen-bond donors (Lipinski definition) is 4. The predicted octanol–water partition coefficient (Wildman–Crippen LogP) is 6.30. The van der Waals surface area contributed by atoms with Crippen molar-refractivity contribution >= 4 is 22.3 Å². The molecule has 49 heavy (non-hydrogen) atoms. The first kappa shape index (κ1) is 30.3. The van der Waals surface area contributed by atoms with Crippen molar-refractivity contribution in [2.75, 3.05) is 0 Å². The van der Waals surface area contributed by atoms with Crippen LogP contribution in [0.4, 0.5) is 0 Å². The molecule has 4 N–H and O–H groups in total. The predicted molar refractivity (Wildman–Crippen MR) is 194 cm³/mol. The third kappa shape index (κ3) is 5.55. The maximum atomic E-state index is 3.84. The number of benzene rings is 4. The van der Waals surface area contributed by atoms with Crippen molar-refractivity contribution in [1.82, 2.24) is 19.9 Å². The molecule has 0 radical (unpaired) electrons. The van der Waals surface area contributed by atoms with E-state index in [4.69, 9.17) is 0 Å².